The largest absolute Gasteiger partial charge is 0.418 e. The van der Waals surface area contributed by atoms with Crippen molar-refractivity contribution in [2.24, 2.45) is 0 Å². The molecule has 2 aliphatic rings. The summed E-state index contributed by atoms with van der Waals surface area (Å²) < 4.78 is 39.4. The van der Waals surface area contributed by atoms with Crippen LogP contribution in [0.2, 0.25) is 0 Å². The summed E-state index contributed by atoms with van der Waals surface area (Å²) in [5.74, 6) is -0.381. The Morgan fingerprint density at radius 2 is 1.89 bits per heavy atom. The monoisotopic (exact) mass is 398 g/mol. The lowest BCUT2D eigenvalue weighted by atomic mass is 9.80. The lowest BCUT2D eigenvalue weighted by Crippen LogP contribution is -2.53. The molecular formula is C21H29F3N2O2. The van der Waals surface area contributed by atoms with Crippen molar-refractivity contribution in [2.45, 2.75) is 76.7 Å². The zero-order valence-corrected chi connectivity index (χ0v) is 16.9. The van der Waals surface area contributed by atoms with E-state index in [0.717, 1.165) is 53.5 Å². The molecular weight excluding hydrogens is 369 g/mol. The number of benzene rings is 1. The third-order valence-electron chi connectivity index (χ3n) is 5.83. The Morgan fingerprint density at radius 3 is 2.43 bits per heavy atom. The van der Waals surface area contributed by atoms with Crippen molar-refractivity contribution in [3.05, 3.63) is 34.4 Å². The van der Waals surface area contributed by atoms with Gasteiger partial charge in [-0.25, -0.2) is 0 Å². The van der Waals surface area contributed by atoms with Crippen molar-refractivity contribution in [1.82, 2.24) is 10.2 Å². The van der Waals surface area contributed by atoms with Crippen LogP contribution >= 0.6 is 0 Å². The predicted octanol–water partition coefficient (Wildman–Crippen LogP) is 3.61. The summed E-state index contributed by atoms with van der Waals surface area (Å²) in [5.41, 5.74) is 0.983. The topological polar surface area (TPSA) is 52.6 Å². The second kappa shape index (κ2) is 7.02. The number of β-amino-alcohol motifs (C(OH)–C–C–N with tert-alkyl or cyclic N) is 1. The molecule has 0 radical (unpaired) electrons. The average Bonchev–Trinajstić information content (AvgIpc) is 3.06. The van der Waals surface area contributed by atoms with E-state index in [1.54, 1.807) is 0 Å². The molecule has 2 atom stereocenters. The predicted molar refractivity (Wildman–Crippen MR) is 101 cm³/mol. The highest BCUT2D eigenvalue weighted by atomic mass is 19.4. The molecule has 1 unspecified atom stereocenters. The van der Waals surface area contributed by atoms with Gasteiger partial charge in [0.25, 0.3) is 0 Å². The van der Waals surface area contributed by atoms with E-state index in [1.807, 2.05) is 6.07 Å². The van der Waals surface area contributed by atoms with Gasteiger partial charge in [-0.15, -0.1) is 0 Å². The minimum absolute atomic E-state index is 0.0624. The lowest BCUT2D eigenvalue weighted by Gasteiger charge is -2.37. The first kappa shape index (κ1) is 21.1. The van der Waals surface area contributed by atoms with Crippen molar-refractivity contribution in [2.75, 3.05) is 13.1 Å². The number of hydrogen-bond acceptors (Lipinski definition) is 3. The molecule has 0 spiro atoms. The minimum Gasteiger partial charge on any atom is -0.379 e. The molecule has 28 heavy (non-hydrogen) atoms. The molecule has 4 nitrogen and oxygen atoms in total. The number of rotatable bonds is 3. The number of hydrogen-bond donors (Lipinski definition) is 2. The molecule has 2 aliphatic heterocycles. The van der Waals surface area contributed by atoms with Crippen LogP contribution in [-0.4, -0.2) is 40.8 Å². The van der Waals surface area contributed by atoms with Gasteiger partial charge in [0, 0.05) is 12.6 Å². The quantitative estimate of drug-likeness (QED) is 0.818. The molecule has 0 bridgehead atoms. The summed E-state index contributed by atoms with van der Waals surface area (Å²) in [6.07, 6.45) is -2.72. The Hall–Kier alpha value is -1.60. The summed E-state index contributed by atoms with van der Waals surface area (Å²) in [5, 5.41) is 13.3. The summed E-state index contributed by atoms with van der Waals surface area (Å²) >= 11 is 0. The Bertz CT molecular complexity index is 760. The molecule has 0 aromatic heterocycles. The maximum absolute atomic E-state index is 13.1. The van der Waals surface area contributed by atoms with E-state index in [9.17, 15) is 23.1 Å². The molecule has 1 aromatic rings. The molecule has 156 valence electrons. The second-order valence-corrected chi connectivity index (χ2v) is 9.30. The van der Waals surface area contributed by atoms with E-state index in [0.29, 0.717) is 0 Å². The van der Waals surface area contributed by atoms with E-state index in [4.69, 9.17) is 0 Å². The van der Waals surface area contributed by atoms with Crippen molar-refractivity contribution < 1.29 is 23.1 Å². The van der Waals surface area contributed by atoms with E-state index in [1.165, 1.54) is 0 Å². The van der Waals surface area contributed by atoms with E-state index < -0.39 is 18.3 Å². The van der Waals surface area contributed by atoms with Crippen molar-refractivity contribution in [3.63, 3.8) is 0 Å². The van der Waals surface area contributed by atoms with Gasteiger partial charge < -0.3 is 15.3 Å². The second-order valence-electron chi connectivity index (χ2n) is 9.30. The number of aliphatic hydroxyl groups is 1. The zero-order valence-electron chi connectivity index (χ0n) is 16.9. The van der Waals surface area contributed by atoms with Crippen LogP contribution < -0.4 is 5.32 Å². The molecule has 2 N–H and O–H groups in total. The normalized spacial score (nSPS) is 22.9. The maximum atomic E-state index is 13.1. The summed E-state index contributed by atoms with van der Waals surface area (Å²) in [7, 11) is 0. The molecule has 1 aromatic carbocycles. The van der Waals surface area contributed by atoms with Crippen molar-refractivity contribution in [1.29, 1.82) is 0 Å². The summed E-state index contributed by atoms with van der Waals surface area (Å²) in [6, 6.07) is 4.30. The number of carbonyl (C=O) groups is 1. The number of carbonyl (C=O) groups excluding carboxylic acids is 1. The van der Waals surface area contributed by atoms with E-state index in [-0.39, 0.29) is 30.3 Å². The van der Waals surface area contributed by atoms with Crippen LogP contribution in [0, 0.1) is 0 Å². The average molecular weight is 398 g/mol. The van der Waals surface area contributed by atoms with Gasteiger partial charge in [0.15, 0.2) is 5.60 Å². The third kappa shape index (κ3) is 4.06. The highest BCUT2D eigenvalue weighted by Crippen LogP contribution is 2.37. The summed E-state index contributed by atoms with van der Waals surface area (Å²) in [6.45, 7) is 7.29. The zero-order chi connectivity index (χ0) is 20.9. The van der Waals surface area contributed by atoms with Crippen LogP contribution in [-0.2, 0) is 23.2 Å². The Morgan fingerprint density at radius 1 is 1.21 bits per heavy atom. The van der Waals surface area contributed by atoms with Gasteiger partial charge in [-0.1, -0.05) is 32.9 Å². The molecule has 1 fully saturated rings. The first-order valence-corrected chi connectivity index (χ1v) is 9.76. The SMILES string of the molecule is CC(C)(C)c1cc2c(c([C@@H]3CCCN3)c1)CN(CC(C)(O)C(F)(F)F)C(=O)C2. The van der Waals surface area contributed by atoms with Crippen molar-refractivity contribution in [3.8, 4) is 0 Å². The molecule has 1 saturated heterocycles. The van der Waals surface area contributed by atoms with Crippen LogP contribution in [0.5, 0.6) is 0 Å². The fraction of sp³-hybridized carbons (Fsp3) is 0.667. The van der Waals surface area contributed by atoms with Crippen LogP contribution in [0.15, 0.2) is 12.1 Å². The first-order chi connectivity index (χ1) is 12.8. The standard InChI is InChI=1S/C21H29F3N2O2/c1-19(2,3)14-8-13-9-18(27)26(12-20(4,28)21(22,23)24)11-16(13)15(10-14)17-6-5-7-25-17/h8,10,17,25,28H,5-7,9,11-12H2,1-4H3/t17-,20?/m0/s1. The molecule has 1 amide bonds. The van der Waals surface area contributed by atoms with Gasteiger partial charge in [-0.3, -0.25) is 4.79 Å². The number of nitrogens with one attached hydrogen (secondary N) is 1. The van der Waals surface area contributed by atoms with Crippen LogP contribution in [0.3, 0.4) is 0 Å². The Balaban J connectivity index is 1.99. The van der Waals surface area contributed by atoms with Gasteiger partial charge in [0.2, 0.25) is 5.91 Å². The smallest absolute Gasteiger partial charge is 0.379 e. The van der Waals surface area contributed by atoms with E-state index >= 15 is 0 Å². The van der Waals surface area contributed by atoms with Crippen LogP contribution in [0.4, 0.5) is 13.2 Å². The Labute approximate surface area is 164 Å². The fourth-order valence-electron chi connectivity index (χ4n) is 3.96. The Kier molecular flexibility index (Phi) is 5.30. The number of amides is 1. The fourth-order valence-corrected chi connectivity index (χ4v) is 3.96. The van der Waals surface area contributed by atoms with Crippen LogP contribution in [0.25, 0.3) is 0 Å². The van der Waals surface area contributed by atoms with E-state index in [2.05, 4.69) is 32.2 Å². The molecule has 7 heteroatoms. The summed E-state index contributed by atoms with van der Waals surface area (Å²) in [4.78, 5) is 13.7. The van der Waals surface area contributed by atoms with Crippen molar-refractivity contribution >= 4 is 5.91 Å². The third-order valence-corrected chi connectivity index (χ3v) is 5.83. The highest BCUT2D eigenvalue weighted by molar-refractivity contribution is 5.81. The van der Waals surface area contributed by atoms with Gasteiger partial charge in [0.1, 0.15) is 0 Å². The molecule has 0 saturated carbocycles. The number of halogens is 3. The number of alkyl halides is 3. The number of nitrogens with zero attached hydrogens (tertiary/aromatic N) is 1. The maximum Gasteiger partial charge on any atom is 0.418 e. The van der Waals surface area contributed by atoms with Gasteiger partial charge >= 0.3 is 6.18 Å². The molecule has 2 heterocycles. The van der Waals surface area contributed by atoms with Crippen LogP contribution in [0.1, 0.15) is 68.8 Å². The minimum atomic E-state index is -4.79. The number of fused-ring (bicyclic) bond motifs is 1. The van der Waals surface area contributed by atoms with Gasteiger partial charge in [-0.2, -0.15) is 13.2 Å². The molecule has 3 rings (SSSR count). The molecule has 0 aliphatic carbocycles. The lowest BCUT2D eigenvalue weighted by molar-refractivity contribution is -0.257. The first-order valence-electron chi connectivity index (χ1n) is 9.76. The van der Waals surface area contributed by atoms with Gasteiger partial charge in [-0.05, 0) is 54.0 Å². The highest BCUT2D eigenvalue weighted by Gasteiger charge is 2.51. The van der Waals surface area contributed by atoms with Gasteiger partial charge in [0.05, 0.1) is 13.0 Å².